The molecule has 0 saturated carbocycles. The summed E-state index contributed by atoms with van der Waals surface area (Å²) in [5.41, 5.74) is 1.56. The molecule has 0 radical (unpaired) electrons. The highest BCUT2D eigenvalue weighted by Crippen LogP contribution is 2.34. The lowest BCUT2D eigenvalue weighted by atomic mass is 10.2. The normalized spacial score (nSPS) is 16.0. The Morgan fingerprint density at radius 2 is 1.80 bits per heavy atom. The molecule has 1 aliphatic rings. The van der Waals surface area contributed by atoms with Gasteiger partial charge in [0.1, 0.15) is 5.75 Å². The van der Waals surface area contributed by atoms with Gasteiger partial charge in [-0.05, 0) is 53.2 Å². The Kier molecular flexibility index (Phi) is 5.37. The fourth-order valence-electron chi connectivity index (χ4n) is 2.31. The highest BCUT2D eigenvalue weighted by molar-refractivity contribution is 8.18. The van der Waals surface area contributed by atoms with Crippen molar-refractivity contribution in [1.82, 2.24) is 4.90 Å². The summed E-state index contributed by atoms with van der Waals surface area (Å²) in [6, 6.07) is 12.3. The average molecular weight is 394 g/mol. The van der Waals surface area contributed by atoms with Crippen molar-refractivity contribution in [3.05, 3.63) is 68.5 Å². The van der Waals surface area contributed by atoms with Gasteiger partial charge in [-0.3, -0.25) is 14.5 Å². The Morgan fingerprint density at radius 1 is 1.08 bits per heavy atom. The molecule has 1 saturated heterocycles. The number of thioether (sulfide) groups is 1. The van der Waals surface area contributed by atoms with Crippen molar-refractivity contribution in [3.8, 4) is 5.75 Å². The van der Waals surface area contributed by atoms with E-state index in [4.69, 9.17) is 27.9 Å². The van der Waals surface area contributed by atoms with Gasteiger partial charge in [-0.25, -0.2) is 0 Å². The minimum absolute atomic E-state index is 0.154. The maximum atomic E-state index is 12.5. The first kappa shape index (κ1) is 17.9. The van der Waals surface area contributed by atoms with Gasteiger partial charge in [0.15, 0.2) is 0 Å². The number of halogens is 2. The molecule has 0 aliphatic carbocycles. The second-order valence-corrected chi connectivity index (χ2v) is 7.10. The Bertz CT molecular complexity index is 865. The van der Waals surface area contributed by atoms with E-state index in [0.717, 1.165) is 28.6 Å². The third-order valence-electron chi connectivity index (χ3n) is 3.61. The highest BCUT2D eigenvalue weighted by Gasteiger charge is 2.35. The van der Waals surface area contributed by atoms with Crippen LogP contribution in [0.3, 0.4) is 0 Å². The molecule has 0 unspecified atom stereocenters. The van der Waals surface area contributed by atoms with E-state index >= 15 is 0 Å². The van der Waals surface area contributed by atoms with Gasteiger partial charge in [-0.2, -0.15) is 0 Å². The molecule has 1 aliphatic heterocycles. The number of nitrogens with zero attached hydrogens (tertiary/aromatic N) is 1. The minimum atomic E-state index is -0.322. The third kappa shape index (κ3) is 4.00. The van der Waals surface area contributed by atoms with Gasteiger partial charge < -0.3 is 4.74 Å². The number of methoxy groups -OCH3 is 1. The van der Waals surface area contributed by atoms with E-state index in [-0.39, 0.29) is 17.7 Å². The van der Waals surface area contributed by atoms with Crippen LogP contribution in [0.1, 0.15) is 11.1 Å². The predicted octanol–water partition coefficient (Wildman–Crippen LogP) is 5.24. The molecule has 4 nitrogen and oxygen atoms in total. The van der Waals surface area contributed by atoms with Crippen LogP contribution in [0.25, 0.3) is 6.08 Å². The van der Waals surface area contributed by atoms with Crippen LogP contribution >= 0.6 is 35.0 Å². The maximum absolute atomic E-state index is 12.5. The van der Waals surface area contributed by atoms with E-state index < -0.39 is 0 Å². The molecular formula is C18H13Cl2NO3S. The predicted molar refractivity (Wildman–Crippen MR) is 101 cm³/mol. The lowest BCUT2D eigenvalue weighted by molar-refractivity contribution is -0.123. The zero-order valence-corrected chi connectivity index (χ0v) is 15.5. The molecule has 3 rings (SSSR count). The monoisotopic (exact) mass is 393 g/mol. The van der Waals surface area contributed by atoms with E-state index in [9.17, 15) is 9.59 Å². The van der Waals surface area contributed by atoms with Crippen molar-refractivity contribution in [2.45, 2.75) is 6.54 Å². The van der Waals surface area contributed by atoms with E-state index in [1.807, 2.05) is 12.1 Å². The fraction of sp³-hybridized carbons (Fsp3) is 0.111. The number of ether oxygens (including phenoxy) is 1. The number of imide groups is 1. The minimum Gasteiger partial charge on any atom is -0.497 e. The summed E-state index contributed by atoms with van der Waals surface area (Å²) >= 11 is 12.8. The van der Waals surface area contributed by atoms with Crippen LogP contribution in [0.15, 0.2) is 47.4 Å². The van der Waals surface area contributed by atoms with E-state index in [1.54, 1.807) is 43.5 Å². The molecule has 2 aromatic rings. The molecule has 128 valence electrons. The number of amides is 2. The largest absolute Gasteiger partial charge is 0.497 e. The molecule has 0 N–H and O–H groups in total. The third-order valence-corrected chi connectivity index (χ3v) is 5.26. The van der Waals surface area contributed by atoms with Gasteiger partial charge in [-0.1, -0.05) is 41.4 Å². The quantitative estimate of drug-likeness (QED) is 0.666. The van der Waals surface area contributed by atoms with Crippen molar-refractivity contribution < 1.29 is 14.3 Å². The lowest BCUT2D eigenvalue weighted by Gasteiger charge is -2.12. The molecule has 1 fully saturated rings. The summed E-state index contributed by atoms with van der Waals surface area (Å²) in [6.07, 6.45) is 1.69. The lowest BCUT2D eigenvalue weighted by Crippen LogP contribution is -2.27. The summed E-state index contributed by atoms with van der Waals surface area (Å²) in [6.45, 7) is 0.154. The Morgan fingerprint density at radius 3 is 2.44 bits per heavy atom. The molecule has 0 atom stereocenters. The molecule has 1 heterocycles. The van der Waals surface area contributed by atoms with Gasteiger partial charge in [0.05, 0.1) is 28.6 Å². The number of hydrogen-bond acceptors (Lipinski definition) is 4. The number of carbonyl (C=O) groups excluding carboxylic acids is 2. The van der Waals surface area contributed by atoms with Crippen molar-refractivity contribution in [1.29, 1.82) is 0 Å². The summed E-state index contributed by atoms with van der Waals surface area (Å²) < 4.78 is 5.10. The van der Waals surface area contributed by atoms with Gasteiger partial charge in [0.25, 0.3) is 11.1 Å². The molecule has 25 heavy (non-hydrogen) atoms. The molecule has 0 spiro atoms. The van der Waals surface area contributed by atoms with Crippen LogP contribution in [0.4, 0.5) is 4.79 Å². The van der Waals surface area contributed by atoms with E-state index in [0.29, 0.717) is 15.0 Å². The maximum Gasteiger partial charge on any atom is 0.293 e. The van der Waals surface area contributed by atoms with Gasteiger partial charge in [0.2, 0.25) is 0 Å². The van der Waals surface area contributed by atoms with Gasteiger partial charge >= 0.3 is 0 Å². The van der Waals surface area contributed by atoms with Crippen molar-refractivity contribution in [2.24, 2.45) is 0 Å². The van der Waals surface area contributed by atoms with Crippen LogP contribution in [0, 0.1) is 0 Å². The first-order valence-corrected chi connectivity index (χ1v) is 8.88. The van der Waals surface area contributed by atoms with Crippen molar-refractivity contribution >= 4 is 52.2 Å². The summed E-state index contributed by atoms with van der Waals surface area (Å²) in [7, 11) is 1.59. The fourth-order valence-corrected chi connectivity index (χ4v) is 3.47. The van der Waals surface area contributed by atoms with Crippen LogP contribution in [-0.4, -0.2) is 23.2 Å². The topological polar surface area (TPSA) is 46.6 Å². The Hall–Kier alpha value is -1.95. The molecule has 0 aromatic heterocycles. The van der Waals surface area contributed by atoms with Crippen LogP contribution < -0.4 is 4.74 Å². The number of hydrogen-bond donors (Lipinski definition) is 0. The SMILES string of the molecule is COc1ccc(/C=C2/SC(=O)N(Cc3ccc(Cl)c(Cl)c3)C2=O)cc1. The van der Waals surface area contributed by atoms with Crippen LogP contribution in [0.2, 0.25) is 10.0 Å². The summed E-state index contributed by atoms with van der Waals surface area (Å²) in [4.78, 5) is 26.3. The molecule has 2 amide bonds. The average Bonchev–Trinajstić information content (AvgIpc) is 2.86. The van der Waals surface area contributed by atoms with Crippen LogP contribution in [-0.2, 0) is 11.3 Å². The molecule has 0 bridgehead atoms. The smallest absolute Gasteiger partial charge is 0.293 e. The Labute approximate surface area is 159 Å². The zero-order chi connectivity index (χ0) is 18.0. The zero-order valence-electron chi connectivity index (χ0n) is 13.2. The van der Waals surface area contributed by atoms with Gasteiger partial charge in [-0.15, -0.1) is 0 Å². The van der Waals surface area contributed by atoms with E-state index in [2.05, 4.69) is 0 Å². The van der Waals surface area contributed by atoms with E-state index in [1.165, 1.54) is 4.90 Å². The first-order chi connectivity index (χ1) is 12.0. The standard InChI is InChI=1S/C18H13Cl2NO3S/c1-24-13-5-2-11(3-6-13)9-16-17(22)21(18(23)25-16)10-12-4-7-14(19)15(20)8-12/h2-9H,10H2,1H3/b16-9+. The van der Waals surface area contributed by atoms with Crippen molar-refractivity contribution in [3.63, 3.8) is 0 Å². The van der Waals surface area contributed by atoms with Crippen LogP contribution in [0.5, 0.6) is 5.75 Å². The molecular weight excluding hydrogens is 381 g/mol. The molecule has 7 heteroatoms. The number of carbonyl (C=O) groups is 2. The number of benzene rings is 2. The highest BCUT2D eigenvalue weighted by atomic mass is 35.5. The second-order valence-electron chi connectivity index (χ2n) is 5.29. The first-order valence-electron chi connectivity index (χ1n) is 7.31. The molecule has 2 aromatic carbocycles. The number of rotatable bonds is 4. The van der Waals surface area contributed by atoms with Crippen molar-refractivity contribution in [2.75, 3.05) is 7.11 Å². The summed E-state index contributed by atoms with van der Waals surface area (Å²) in [5, 5.41) is 0.509. The van der Waals surface area contributed by atoms with Gasteiger partial charge in [0, 0.05) is 0 Å². The summed E-state index contributed by atoms with van der Waals surface area (Å²) in [5.74, 6) is 0.404. The second kappa shape index (κ2) is 7.52. The Balaban J connectivity index is 1.79.